The number of amides is 1. The molecule has 130 valence electrons. The molecule has 23 heavy (non-hydrogen) atoms. The van der Waals surface area contributed by atoms with Gasteiger partial charge in [0, 0.05) is 26.1 Å². The average Bonchev–Trinajstić information content (AvgIpc) is 2.42. The van der Waals surface area contributed by atoms with Crippen LogP contribution in [0.3, 0.4) is 0 Å². The molecule has 0 fully saturated rings. The minimum absolute atomic E-state index is 0.0769. The molecule has 0 spiro atoms. The van der Waals surface area contributed by atoms with E-state index >= 15 is 0 Å². The summed E-state index contributed by atoms with van der Waals surface area (Å²) in [5, 5.41) is 2.73. The van der Waals surface area contributed by atoms with E-state index in [1.54, 1.807) is 12.1 Å². The standard InChI is InChI=1S/C16H25FN2O3S/c1-13(2)12-16(20)18-9-11-19(23(3,21)22)10-8-14-4-6-15(17)7-5-14/h4-7,13H,8-12H2,1-3H3,(H,18,20). The number of sulfonamides is 1. The van der Waals surface area contributed by atoms with Crippen LogP contribution >= 0.6 is 0 Å². The van der Waals surface area contributed by atoms with Crippen LogP contribution in [0.15, 0.2) is 24.3 Å². The minimum Gasteiger partial charge on any atom is -0.355 e. The Morgan fingerprint density at radius 3 is 2.35 bits per heavy atom. The Morgan fingerprint density at radius 2 is 1.83 bits per heavy atom. The summed E-state index contributed by atoms with van der Waals surface area (Å²) in [6.07, 6.45) is 2.06. The van der Waals surface area contributed by atoms with Crippen LogP contribution in [0.25, 0.3) is 0 Å². The summed E-state index contributed by atoms with van der Waals surface area (Å²) in [7, 11) is -3.36. The summed E-state index contributed by atoms with van der Waals surface area (Å²) in [6.45, 7) is 4.70. The Balaban J connectivity index is 2.50. The van der Waals surface area contributed by atoms with Crippen LogP contribution in [0.2, 0.25) is 0 Å². The van der Waals surface area contributed by atoms with E-state index in [0.29, 0.717) is 19.4 Å². The van der Waals surface area contributed by atoms with Crippen molar-refractivity contribution in [3.05, 3.63) is 35.6 Å². The van der Waals surface area contributed by atoms with Gasteiger partial charge in [-0.3, -0.25) is 4.79 Å². The van der Waals surface area contributed by atoms with Gasteiger partial charge >= 0.3 is 0 Å². The van der Waals surface area contributed by atoms with E-state index in [1.807, 2.05) is 13.8 Å². The Bertz CT molecular complexity index is 600. The summed E-state index contributed by atoms with van der Waals surface area (Å²) in [5.41, 5.74) is 0.865. The first-order valence-electron chi connectivity index (χ1n) is 7.64. The van der Waals surface area contributed by atoms with Crippen LogP contribution in [0, 0.1) is 11.7 Å². The largest absolute Gasteiger partial charge is 0.355 e. The van der Waals surface area contributed by atoms with E-state index in [9.17, 15) is 17.6 Å². The maximum Gasteiger partial charge on any atom is 0.220 e. The lowest BCUT2D eigenvalue weighted by atomic mass is 10.1. The third kappa shape index (κ3) is 8.08. The number of halogens is 1. The Labute approximate surface area is 137 Å². The summed E-state index contributed by atoms with van der Waals surface area (Å²) < 4.78 is 37.8. The fraction of sp³-hybridized carbons (Fsp3) is 0.562. The second-order valence-electron chi connectivity index (χ2n) is 5.99. The molecule has 1 rings (SSSR count). The molecule has 0 saturated carbocycles. The highest BCUT2D eigenvalue weighted by molar-refractivity contribution is 7.88. The number of hydrogen-bond acceptors (Lipinski definition) is 3. The first-order valence-corrected chi connectivity index (χ1v) is 9.49. The van der Waals surface area contributed by atoms with Gasteiger partial charge in [-0.05, 0) is 30.0 Å². The topological polar surface area (TPSA) is 66.5 Å². The van der Waals surface area contributed by atoms with Crippen LogP contribution in [0.5, 0.6) is 0 Å². The van der Waals surface area contributed by atoms with Gasteiger partial charge < -0.3 is 5.32 Å². The number of rotatable bonds is 9. The molecule has 7 heteroatoms. The van der Waals surface area contributed by atoms with E-state index in [1.165, 1.54) is 16.4 Å². The molecule has 0 aliphatic rings. The Kier molecular flexibility index (Phi) is 7.64. The maximum atomic E-state index is 12.9. The van der Waals surface area contributed by atoms with Crippen molar-refractivity contribution in [2.24, 2.45) is 5.92 Å². The molecule has 5 nitrogen and oxygen atoms in total. The maximum absolute atomic E-state index is 12.9. The number of benzene rings is 1. The third-order valence-corrected chi connectivity index (χ3v) is 4.61. The fourth-order valence-electron chi connectivity index (χ4n) is 2.11. The predicted octanol–water partition coefficient (Wildman–Crippen LogP) is 1.79. The number of nitrogens with zero attached hydrogens (tertiary/aromatic N) is 1. The molecular formula is C16H25FN2O3S. The van der Waals surface area contributed by atoms with Gasteiger partial charge in [-0.15, -0.1) is 0 Å². The summed E-state index contributed by atoms with van der Waals surface area (Å²) in [6, 6.07) is 5.99. The number of carbonyl (C=O) groups excluding carboxylic acids is 1. The zero-order chi connectivity index (χ0) is 17.5. The second kappa shape index (κ2) is 8.98. The molecule has 0 saturated heterocycles. The molecule has 0 heterocycles. The smallest absolute Gasteiger partial charge is 0.220 e. The molecule has 0 aromatic heterocycles. The Morgan fingerprint density at radius 1 is 1.22 bits per heavy atom. The molecule has 0 atom stereocenters. The lowest BCUT2D eigenvalue weighted by Gasteiger charge is -2.20. The molecule has 0 radical (unpaired) electrons. The average molecular weight is 344 g/mol. The third-order valence-electron chi connectivity index (χ3n) is 3.31. The van der Waals surface area contributed by atoms with Crippen molar-refractivity contribution in [1.29, 1.82) is 0 Å². The molecule has 1 aromatic rings. The van der Waals surface area contributed by atoms with Gasteiger partial charge in [0.1, 0.15) is 5.82 Å². The van der Waals surface area contributed by atoms with Crippen LogP contribution < -0.4 is 5.32 Å². The highest BCUT2D eigenvalue weighted by Crippen LogP contribution is 2.06. The van der Waals surface area contributed by atoms with E-state index in [4.69, 9.17) is 0 Å². The van der Waals surface area contributed by atoms with Crippen molar-refractivity contribution in [2.75, 3.05) is 25.9 Å². The van der Waals surface area contributed by atoms with Crippen LogP contribution in [-0.2, 0) is 21.2 Å². The van der Waals surface area contributed by atoms with Gasteiger partial charge in [0.05, 0.1) is 6.26 Å². The lowest BCUT2D eigenvalue weighted by molar-refractivity contribution is -0.121. The molecular weight excluding hydrogens is 319 g/mol. The van der Waals surface area contributed by atoms with Gasteiger partial charge in [0.2, 0.25) is 15.9 Å². The van der Waals surface area contributed by atoms with E-state index < -0.39 is 10.0 Å². The molecule has 0 aliphatic heterocycles. The van der Waals surface area contributed by atoms with Crippen molar-refractivity contribution < 1.29 is 17.6 Å². The van der Waals surface area contributed by atoms with Gasteiger partial charge in [0.15, 0.2) is 0 Å². The van der Waals surface area contributed by atoms with E-state index in [2.05, 4.69) is 5.32 Å². The van der Waals surface area contributed by atoms with Crippen molar-refractivity contribution in [2.45, 2.75) is 26.7 Å². The van der Waals surface area contributed by atoms with Crippen LogP contribution in [0.4, 0.5) is 4.39 Å². The molecule has 1 amide bonds. The van der Waals surface area contributed by atoms with Crippen molar-refractivity contribution >= 4 is 15.9 Å². The first-order chi connectivity index (χ1) is 10.7. The predicted molar refractivity (Wildman–Crippen MR) is 89.0 cm³/mol. The summed E-state index contributed by atoms with van der Waals surface area (Å²) in [5.74, 6) is -0.131. The zero-order valence-corrected chi connectivity index (χ0v) is 14.7. The molecule has 1 N–H and O–H groups in total. The number of hydrogen-bond donors (Lipinski definition) is 1. The normalized spacial score (nSPS) is 11.9. The quantitative estimate of drug-likeness (QED) is 0.743. The highest BCUT2D eigenvalue weighted by atomic mass is 32.2. The molecule has 1 aromatic carbocycles. The van der Waals surface area contributed by atoms with Gasteiger partial charge in [-0.1, -0.05) is 26.0 Å². The lowest BCUT2D eigenvalue weighted by Crippen LogP contribution is -2.39. The van der Waals surface area contributed by atoms with Gasteiger partial charge in [0.25, 0.3) is 0 Å². The van der Waals surface area contributed by atoms with Crippen molar-refractivity contribution in [3.8, 4) is 0 Å². The second-order valence-corrected chi connectivity index (χ2v) is 7.97. The van der Waals surface area contributed by atoms with Gasteiger partial charge in [-0.25, -0.2) is 17.1 Å². The monoisotopic (exact) mass is 344 g/mol. The fourth-order valence-corrected chi connectivity index (χ4v) is 2.96. The zero-order valence-electron chi connectivity index (χ0n) is 13.9. The molecule has 0 bridgehead atoms. The number of carbonyl (C=O) groups is 1. The van der Waals surface area contributed by atoms with Crippen molar-refractivity contribution in [1.82, 2.24) is 9.62 Å². The highest BCUT2D eigenvalue weighted by Gasteiger charge is 2.16. The minimum atomic E-state index is -3.36. The summed E-state index contributed by atoms with van der Waals surface area (Å²) in [4.78, 5) is 11.6. The first kappa shape index (κ1) is 19.6. The summed E-state index contributed by atoms with van der Waals surface area (Å²) >= 11 is 0. The van der Waals surface area contributed by atoms with E-state index in [-0.39, 0.29) is 30.7 Å². The molecule has 0 aliphatic carbocycles. The van der Waals surface area contributed by atoms with Crippen molar-refractivity contribution in [3.63, 3.8) is 0 Å². The number of nitrogens with one attached hydrogen (secondary N) is 1. The van der Waals surface area contributed by atoms with Crippen LogP contribution in [0.1, 0.15) is 25.8 Å². The van der Waals surface area contributed by atoms with Crippen LogP contribution in [-0.4, -0.2) is 44.5 Å². The molecule has 0 unspecified atom stereocenters. The van der Waals surface area contributed by atoms with E-state index in [0.717, 1.165) is 11.8 Å². The SMILES string of the molecule is CC(C)CC(=O)NCCN(CCc1ccc(F)cc1)S(C)(=O)=O. The Hall–Kier alpha value is -1.47. The van der Waals surface area contributed by atoms with Gasteiger partial charge in [-0.2, -0.15) is 0 Å².